The Kier molecular flexibility index (Phi) is 6.04. The van der Waals surface area contributed by atoms with Crippen LogP contribution in [0.4, 0.5) is 0 Å². The van der Waals surface area contributed by atoms with Crippen LogP contribution in [-0.2, 0) is 0 Å². The van der Waals surface area contributed by atoms with Crippen molar-refractivity contribution >= 4 is 35.6 Å². The summed E-state index contributed by atoms with van der Waals surface area (Å²) < 4.78 is 0. The molecule has 0 saturated carbocycles. The number of benzene rings is 1. The highest BCUT2D eigenvalue weighted by Gasteiger charge is 2.25. The third-order valence-electron chi connectivity index (χ3n) is 3.21. The molecule has 0 bridgehead atoms. The first-order chi connectivity index (χ1) is 7.72. The van der Waals surface area contributed by atoms with Crippen LogP contribution in [0.25, 0.3) is 0 Å². The van der Waals surface area contributed by atoms with Gasteiger partial charge in [0.05, 0.1) is 10.0 Å². The second-order valence-corrected chi connectivity index (χ2v) is 5.03. The van der Waals surface area contributed by atoms with Crippen LogP contribution in [0.2, 0.25) is 10.0 Å². The highest BCUT2D eigenvalue weighted by molar-refractivity contribution is 6.42. The Labute approximate surface area is 118 Å². The number of nitrogens with one attached hydrogen (secondary N) is 1. The summed E-state index contributed by atoms with van der Waals surface area (Å²) in [5.41, 5.74) is 1.18. The zero-order chi connectivity index (χ0) is 11.5. The fraction of sp³-hybridized carbons (Fsp3) is 0.500. The van der Waals surface area contributed by atoms with Gasteiger partial charge in [0.25, 0.3) is 0 Å². The normalized spacial score (nSPS) is 24.2. The minimum atomic E-state index is 0. The Hall–Kier alpha value is 0.01000. The number of aliphatic hydroxyl groups is 1. The highest BCUT2D eigenvalue weighted by Crippen LogP contribution is 2.33. The topological polar surface area (TPSA) is 32.3 Å². The van der Waals surface area contributed by atoms with Crippen LogP contribution in [-0.4, -0.2) is 24.8 Å². The van der Waals surface area contributed by atoms with Gasteiger partial charge in [-0.3, -0.25) is 0 Å². The van der Waals surface area contributed by atoms with E-state index in [1.807, 2.05) is 18.2 Å². The molecule has 0 amide bonds. The number of halogens is 3. The zero-order valence-electron chi connectivity index (χ0n) is 9.33. The van der Waals surface area contributed by atoms with Gasteiger partial charge in [-0.15, -0.1) is 12.4 Å². The molecule has 1 heterocycles. The van der Waals surface area contributed by atoms with Gasteiger partial charge in [-0.25, -0.2) is 0 Å². The number of aliphatic hydroxyl groups excluding tert-OH is 1. The van der Waals surface area contributed by atoms with Crippen molar-refractivity contribution < 1.29 is 5.11 Å². The third kappa shape index (κ3) is 3.49. The van der Waals surface area contributed by atoms with Crippen molar-refractivity contribution in [2.75, 3.05) is 19.7 Å². The van der Waals surface area contributed by atoms with Crippen molar-refractivity contribution in [3.05, 3.63) is 33.8 Å². The van der Waals surface area contributed by atoms with Gasteiger partial charge in [-0.1, -0.05) is 29.3 Å². The Bertz CT molecular complexity index is 373. The highest BCUT2D eigenvalue weighted by atomic mass is 35.5. The molecular formula is C12H16Cl3NO. The van der Waals surface area contributed by atoms with Crippen molar-refractivity contribution in [1.29, 1.82) is 0 Å². The van der Waals surface area contributed by atoms with E-state index < -0.39 is 0 Å². The Morgan fingerprint density at radius 2 is 2.06 bits per heavy atom. The molecule has 1 aliphatic rings. The number of rotatable bonds is 2. The number of piperidine rings is 1. The van der Waals surface area contributed by atoms with Gasteiger partial charge in [-0.05, 0) is 36.6 Å². The van der Waals surface area contributed by atoms with Gasteiger partial charge in [0.1, 0.15) is 0 Å². The number of hydrogen-bond donors (Lipinski definition) is 2. The Balaban J connectivity index is 0.00000144. The molecule has 1 aromatic carbocycles. The molecule has 0 radical (unpaired) electrons. The lowest BCUT2D eigenvalue weighted by atomic mass is 9.82. The van der Waals surface area contributed by atoms with Crippen molar-refractivity contribution in [3.63, 3.8) is 0 Å². The summed E-state index contributed by atoms with van der Waals surface area (Å²) in [6, 6.07) is 5.76. The van der Waals surface area contributed by atoms with E-state index in [9.17, 15) is 5.11 Å². The molecule has 5 heteroatoms. The van der Waals surface area contributed by atoms with Gasteiger partial charge < -0.3 is 10.4 Å². The van der Waals surface area contributed by atoms with Crippen molar-refractivity contribution in [1.82, 2.24) is 5.32 Å². The van der Waals surface area contributed by atoms with E-state index in [0.29, 0.717) is 16.0 Å². The molecule has 0 unspecified atom stereocenters. The van der Waals surface area contributed by atoms with Crippen LogP contribution >= 0.6 is 35.6 Å². The summed E-state index contributed by atoms with van der Waals surface area (Å²) in [7, 11) is 0. The molecule has 1 aliphatic heterocycles. The lowest BCUT2D eigenvalue weighted by Gasteiger charge is -2.31. The first-order valence-corrected chi connectivity index (χ1v) is 6.24. The summed E-state index contributed by atoms with van der Waals surface area (Å²) in [6.45, 7) is 2.06. The molecule has 1 fully saturated rings. The Morgan fingerprint density at radius 3 is 2.71 bits per heavy atom. The van der Waals surface area contributed by atoms with Gasteiger partial charge in [0, 0.05) is 19.1 Å². The molecule has 2 N–H and O–H groups in total. The molecule has 2 nitrogen and oxygen atoms in total. The summed E-state index contributed by atoms with van der Waals surface area (Å²) >= 11 is 11.9. The van der Waals surface area contributed by atoms with Crippen LogP contribution in [0, 0.1) is 5.92 Å². The smallest absolute Gasteiger partial charge is 0.0595 e. The Morgan fingerprint density at radius 1 is 1.29 bits per heavy atom. The SMILES string of the molecule is Cl.OC[C@H]1CNCC[C@@H]1c1ccc(Cl)c(Cl)c1. The summed E-state index contributed by atoms with van der Waals surface area (Å²) in [5, 5.41) is 13.8. The molecule has 1 saturated heterocycles. The monoisotopic (exact) mass is 295 g/mol. The minimum Gasteiger partial charge on any atom is -0.396 e. The van der Waals surface area contributed by atoms with E-state index in [0.717, 1.165) is 19.5 Å². The van der Waals surface area contributed by atoms with Crippen LogP contribution in [0.5, 0.6) is 0 Å². The molecule has 1 aromatic rings. The molecule has 2 rings (SSSR count). The second kappa shape index (κ2) is 6.81. The van der Waals surface area contributed by atoms with Crippen LogP contribution in [0.3, 0.4) is 0 Å². The summed E-state index contributed by atoms with van der Waals surface area (Å²) in [4.78, 5) is 0. The summed E-state index contributed by atoms with van der Waals surface area (Å²) in [5.74, 6) is 0.645. The standard InChI is InChI=1S/C12H15Cl2NO.ClH/c13-11-2-1-8(5-12(11)14)10-3-4-15-6-9(10)7-16;/h1-2,5,9-10,15-16H,3-4,6-7H2;1H/t9-,10-;/m1./s1. The number of hydrogen-bond acceptors (Lipinski definition) is 2. The van der Waals surface area contributed by atoms with Crippen molar-refractivity contribution in [3.8, 4) is 0 Å². The third-order valence-corrected chi connectivity index (χ3v) is 3.95. The molecule has 0 spiro atoms. The van der Waals surface area contributed by atoms with Crippen molar-refractivity contribution in [2.24, 2.45) is 5.92 Å². The van der Waals surface area contributed by atoms with E-state index in [1.165, 1.54) is 5.56 Å². The minimum absolute atomic E-state index is 0. The van der Waals surface area contributed by atoms with Gasteiger partial charge in [0.2, 0.25) is 0 Å². The fourth-order valence-electron chi connectivity index (χ4n) is 2.30. The van der Waals surface area contributed by atoms with E-state index in [-0.39, 0.29) is 24.9 Å². The summed E-state index contributed by atoms with van der Waals surface area (Å²) in [6.07, 6.45) is 1.03. The van der Waals surface area contributed by atoms with Gasteiger partial charge in [-0.2, -0.15) is 0 Å². The molecule has 96 valence electrons. The molecular weight excluding hydrogens is 280 g/mol. The largest absolute Gasteiger partial charge is 0.396 e. The quantitative estimate of drug-likeness (QED) is 0.879. The van der Waals surface area contributed by atoms with E-state index in [4.69, 9.17) is 23.2 Å². The molecule has 17 heavy (non-hydrogen) atoms. The average Bonchev–Trinajstić information content (AvgIpc) is 2.32. The first-order valence-electron chi connectivity index (χ1n) is 5.49. The molecule has 0 aliphatic carbocycles. The molecule has 0 aromatic heterocycles. The zero-order valence-corrected chi connectivity index (χ0v) is 11.7. The predicted octanol–water partition coefficient (Wildman–Crippen LogP) is 3.10. The second-order valence-electron chi connectivity index (χ2n) is 4.22. The maximum Gasteiger partial charge on any atom is 0.0595 e. The average molecular weight is 297 g/mol. The van der Waals surface area contributed by atoms with Crippen molar-refractivity contribution in [2.45, 2.75) is 12.3 Å². The lowest BCUT2D eigenvalue weighted by Crippen LogP contribution is -2.37. The maximum absolute atomic E-state index is 9.35. The molecule has 2 atom stereocenters. The van der Waals surface area contributed by atoms with E-state index in [2.05, 4.69) is 5.32 Å². The first kappa shape index (κ1) is 15.1. The van der Waals surface area contributed by atoms with Gasteiger partial charge >= 0.3 is 0 Å². The van der Waals surface area contributed by atoms with Crippen LogP contribution in [0.1, 0.15) is 17.9 Å². The van der Waals surface area contributed by atoms with E-state index >= 15 is 0 Å². The van der Waals surface area contributed by atoms with Crippen LogP contribution in [0.15, 0.2) is 18.2 Å². The fourth-order valence-corrected chi connectivity index (χ4v) is 2.60. The lowest BCUT2D eigenvalue weighted by molar-refractivity contribution is 0.179. The van der Waals surface area contributed by atoms with Crippen LogP contribution < -0.4 is 5.32 Å². The predicted molar refractivity (Wildman–Crippen MR) is 74.5 cm³/mol. The van der Waals surface area contributed by atoms with Gasteiger partial charge in [0.15, 0.2) is 0 Å². The van der Waals surface area contributed by atoms with E-state index in [1.54, 1.807) is 0 Å². The maximum atomic E-state index is 9.35.